The van der Waals surface area contributed by atoms with Crippen LogP contribution in [0, 0.1) is 5.95 Å². The average Bonchev–Trinajstić information content (AvgIpc) is 2.18. The van der Waals surface area contributed by atoms with Gasteiger partial charge in [-0.2, -0.15) is 4.39 Å². The van der Waals surface area contributed by atoms with Crippen LogP contribution in [0.3, 0.4) is 0 Å². The largest absolute Gasteiger partial charge is 0.385 e. The molecule has 0 amide bonds. The number of aliphatic hydroxyl groups is 1. The highest BCUT2D eigenvalue weighted by Crippen LogP contribution is 2.37. The summed E-state index contributed by atoms with van der Waals surface area (Å²) in [7, 11) is 0. The van der Waals surface area contributed by atoms with Gasteiger partial charge in [0, 0.05) is 5.56 Å². The lowest BCUT2D eigenvalue weighted by molar-refractivity contribution is -0.00438. The second-order valence-electron chi connectivity index (χ2n) is 4.06. The maximum Gasteiger partial charge on any atom is 0.220 e. The van der Waals surface area contributed by atoms with Crippen molar-refractivity contribution in [3.63, 3.8) is 0 Å². The van der Waals surface area contributed by atoms with Crippen molar-refractivity contribution in [1.29, 1.82) is 0 Å². The van der Waals surface area contributed by atoms with Crippen molar-refractivity contribution >= 4 is 11.6 Å². The van der Waals surface area contributed by atoms with Crippen LogP contribution in [-0.2, 0) is 5.60 Å². The Kier molecular flexibility index (Phi) is 2.94. The van der Waals surface area contributed by atoms with Gasteiger partial charge in [-0.15, -0.1) is 0 Å². The van der Waals surface area contributed by atoms with E-state index in [2.05, 4.69) is 4.98 Å². The second-order valence-corrected chi connectivity index (χ2v) is 4.45. The smallest absolute Gasteiger partial charge is 0.220 e. The Morgan fingerprint density at radius 2 is 1.93 bits per heavy atom. The van der Waals surface area contributed by atoms with E-state index in [0.29, 0.717) is 12.8 Å². The maximum atomic E-state index is 13.5. The zero-order valence-corrected chi connectivity index (χ0v) is 9.10. The van der Waals surface area contributed by atoms with Gasteiger partial charge in [0.05, 0.1) is 5.60 Å². The van der Waals surface area contributed by atoms with Gasteiger partial charge in [-0.25, -0.2) is 4.98 Å². The van der Waals surface area contributed by atoms with Crippen LogP contribution in [0.1, 0.15) is 37.7 Å². The molecule has 1 fully saturated rings. The summed E-state index contributed by atoms with van der Waals surface area (Å²) >= 11 is 5.57. The minimum Gasteiger partial charge on any atom is -0.385 e. The number of aromatic nitrogens is 1. The molecule has 1 aromatic heterocycles. The number of rotatable bonds is 1. The molecule has 1 N–H and O–H groups in total. The lowest BCUT2D eigenvalue weighted by Crippen LogP contribution is -2.29. The van der Waals surface area contributed by atoms with Crippen LogP contribution in [0.15, 0.2) is 12.1 Å². The van der Waals surface area contributed by atoms with E-state index in [-0.39, 0.29) is 10.7 Å². The van der Waals surface area contributed by atoms with E-state index in [1.807, 2.05) is 0 Å². The van der Waals surface area contributed by atoms with E-state index >= 15 is 0 Å². The van der Waals surface area contributed by atoms with Crippen LogP contribution in [0.4, 0.5) is 4.39 Å². The molecule has 2 rings (SSSR count). The Morgan fingerprint density at radius 1 is 1.27 bits per heavy atom. The van der Waals surface area contributed by atoms with Crippen molar-refractivity contribution in [2.45, 2.75) is 37.7 Å². The molecular formula is C11H13ClFNO. The van der Waals surface area contributed by atoms with Crippen molar-refractivity contribution in [3.8, 4) is 0 Å². The summed E-state index contributed by atoms with van der Waals surface area (Å²) in [6, 6.07) is 3.06. The van der Waals surface area contributed by atoms with Crippen LogP contribution in [0.2, 0.25) is 5.15 Å². The fourth-order valence-electron chi connectivity index (χ4n) is 2.17. The Balaban J connectivity index is 2.35. The Bertz CT molecular complexity index is 364. The summed E-state index contributed by atoms with van der Waals surface area (Å²) in [5.41, 5.74) is -0.758. The third-order valence-electron chi connectivity index (χ3n) is 3.00. The average molecular weight is 230 g/mol. The third kappa shape index (κ3) is 2.13. The van der Waals surface area contributed by atoms with Gasteiger partial charge in [0.2, 0.25) is 5.95 Å². The normalized spacial score (nSPS) is 20.2. The maximum absolute atomic E-state index is 13.5. The van der Waals surface area contributed by atoms with E-state index in [0.717, 1.165) is 19.3 Å². The molecule has 0 aromatic carbocycles. The summed E-state index contributed by atoms with van der Waals surface area (Å²) in [5.74, 6) is -0.646. The van der Waals surface area contributed by atoms with Crippen LogP contribution in [0.25, 0.3) is 0 Å². The number of hydrogen-bond donors (Lipinski definition) is 1. The first-order chi connectivity index (χ1) is 7.12. The molecule has 82 valence electrons. The van der Waals surface area contributed by atoms with Crippen LogP contribution in [-0.4, -0.2) is 10.1 Å². The summed E-state index contributed by atoms with van der Waals surface area (Å²) in [6.45, 7) is 0. The molecule has 1 heterocycles. The highest BCUT2D eigenvalue weighted by molar-refractivity contribution is 6.29. The predicted octanol–water partition coefficient (Wildman–Crippen LogP) is 3.03. The standard InChI is InChI=1S/C11H13ClFNO/c12-9-5-4-8(10(13)14-9)11(15)6-2-1-3-7-11/h4-5,15H,1-3,6-7H2. The molecule has 0 unspecified atom stereocenters. The number of hydrogen-bond acceptors (Lipinski definition) is 2. The number of pyridine rings is 1. The van der Waals surface area contributed by atoms with Gasteiger partial charge < -0.3 is 5.11 Å². The van der Waals surface area contributed by atoms with E-state index in [4.69, 9.17) is 11.6 Å². The molecule has 0 saturated heterocycles. The molecule has 4 heteroatoms. The summed E-state index contributed by atoms with van der Waals surface area (Å²) in [6.07, 6.45) is 4.17. The van der Waals surface area contributed by atoms with Gasteiger partial charge in [-0.3, -0.25) is 0 Å². The van der Waals surface area contributed by atoms with Crippen molar-refractivity contribution < 1.29 is 9.50 Å². The Labute approximate surface area is 93.1 Å². The highest BCUT2D eigenvalue weighted by atomic mass is 35.5. The SMILES string of the molecule is OC1(c2ccc(Cl)nc2F)CCCCC1. The zero-order valence-electron chi connectivity index (χ0n) is 8.34. The highest BCUT2D eigenvalue weighted by Gasteiger charge is 2.34. The summed E-state index contributed by atoms with van der Waals surface area (Å²) in [5, 5.41) is 10.4. The number of nitrogens with zero attached hydrogens (tertiary/aromatic N) is 1. The molecule has 0 aliphatic heterocycles. The topological polar surface area (TPSA) is 33.1 Å². The van der Waals surface area contributed by atoms with Crippen LogP contribution < -0.4 is 0 Å². The zero-order chi connectivity index (χ0) is 10.9. The molecule has 15 heavy (non-hydrogen) atoms. The number of halogens is 2. The lowest BCUT2D eigenvalue weighted by atomic mass is 9.80. The quantitative estimate of drug-likeness (QED) is 0.751. The molecule has 0 radical (unpaired) electrons. The molecule has 0 spiro atoms. The van der Waals surface area contributed by atoms with Gasteiger partial charge in [0.25, 0.3) is 0 Å². The van der Waals surface area contributed by atoms with Crippen molar-refractivity contribution in [3.05, 3.63) is 28.8 Å². The molecule has 0 atom stereocenters. The van der Waals surface area contributed by atoms with Gasteiger partial charge in [-0.1, -0.05) is 30.9 Å². The summed E-state index contributed by atoms with van der Waals surface area (Å²) in [4.78, 5) is 3.53. The molecule has 1 aliphatic carbocycles. The van der Waals surface area contributed by atoms with E-state index in [1.54, 1.807) is 0 Å². The summed E-state index contributed by atoms with van der Waals surface area (Å²) < 4.78 is 13.5. The van der Waals surface area contributed by atoms with Gasteiger partial charge in [-0.05, 0) is 25.0 Å². The van der Waals surface area contributed by atoms with Crippen molar-refractivity contribution in [1.82, 2.24) is 4.98 Å². The minimum absolute atomic E-state index is 0.121. The molecule has 0 bridgehead atoms. The first-order valence-corrected chi connectivity index (χ1v) is 5.54. The fourth-order valence-corrected chi connectivity index (χ4v) is 2.30. The predicted molar refractivity (Wildman–Crippen MR) is 56.2 cm³/mol. The monoisotopic (exact) mass is 229 g/mol. The van der Waals surface area contributed by atoms with E-state index in [9.17, 15) is 9.50 Å². The molecule has 1 aliphatic rings. The minimum atomic E-state index is -1.04. The van der Waals surface area contributed by atoms with Gasteiger partial charge in [0.15, 0.2) is 0 Å². The Morgan fingerprint density at radius 3 is 2.53 bits per heavy atom. The Hall–Kier alpha value is -0.670. The van der Waals surface area contributed by atoms with Crippen molar-refractivity contribution in [2.75, 3.05) is 0 Å². The van der Waals surface area contributed by atoms with Crippen LogP contribution in [0.5, 0.6) is 0 Å². The fraction of sp³-hybridized carbons (Fsp3) is 0.545. The van der Waals surface area contributed by atoms with Crippen molar-refractivity contribution in [2.24, 2.45) is 0 Å². The first kappa shape index (κ1) is 10.8. The molecule has 2 nitrogen and oxygen atoms in total. The first-order valence-electron chi connectivity index (χ1n) is 5.17. The molecule has 1 saturated carbocycles. The lowest BCUT2D eigenvalue weighted by Gasteiger charge is -2.32. The molecule has 1 aromatic rings. The van der Waals surface area contributed by atoms with E-state index < -0.39 is 11.5 Å². The van der Waals surface area contributed by atoms with Gasteiger partial charge >= 0.3 is 0 Å². The molecular weight excluding hydrogens is 217 g/mol. The second kappa shape index (κ2) is 4.06. The van der Waals surface area contributed by atoms with Crippen LogP contribution >= 0.6 is 11.6 Å². The third-order valence-corrected chi connectivity index (χ3v) is 3.21. The van der Waals surface area contributed by atoms with E-state index in [1.165, 1.54) is 12.1 Å². The van der Waals surface area contributed by atoms with Gasteiger partial charge in [0.1, 0.15) is 5.15 Å².